The third kappa shape index (κ3) is 4.07. The number of ether oxygens (including phenoxy) is 1. The highest BCUT2D eigenvalue weighted by Crippen LogP contribution is 2.40. The summed E-state index contributed by atoms with van der Waals surface area (Å²) >= 11 is 0. The number of methoxy groups -OCH3 is 1. The molecule has 0 unspecified atom stereocenters. The molecule has 10 nitrogen and oxygen atoms in total. The summed E-state index contributed by atoms with van der Waals surface area (Å²) in [7, 11) is 1.30. The van der Waals surface area contributed by atoms with E-state index in [4.69, 9.17) is 9.15 Å². The number of aromatic nitrogens is 1. The molecule has 1 fully saturated rings. The number of nitrogens with zero attached hydrogens (tertiary/aromatic N) is 2. The maximum atomic E-state index is 12.2. The molecule has 2 amide bonds. The van der Waals surface area contributed by atoms with Gasteiger partial charge in [-0.3, -0.25) is 19.7 Å². The first-order chi connectivity index (χ1) is 14.4. The van der Waals surface area contributed by atoms with Crippen LogP contribution in [0.25, 0.3) is 11.1 Å². The molecule has 0 bridgehead atoms. The number of rotatable bonds is 7. The topological polar surface area (TPSA) is 137 Å². The van der Waals surface area contributed by atoms with Crippen LogP contribution in [-0.4, -0.2) is 35.4 Å². The van der Waals surface area contributed by atoms with Crippen molar-refractivity contribution in [2.45, 2.75) is 18.8 Å². The van der Waals surface area contributed by atoms with Crippen LogP contribution in [0.1, 0.15) is 35.0 Å². The van der Waals surface area contributed by atoms with Crippen LogP contribution in [0.4, 0.5) is 11.4 Å². The van der Waals surface area contributed by atoms with Crippen LogP contribution in [0.2, 0.25) is 0 Å². The largest absolute Gasteiger partial charge is 0.490 e. The van der Waals surface area contributed by atoms with Gasteiger partial charge in [-0.15, -0.1) is 0 Å². The van der Waals surface area contributed by atoms with Crippen LogP contribution < -0.4 is 15.4 Å². The molecule has 30 heavy (non-hydrogen) atoms. The number of fused-ring (bicyclic) bond motifs is 1. The van der Waals surface area contributed by atoms with Crippen LogP contribution in [0.5, 0.6) is 5.75 Å². The second-order valence-corrected chi connectivity index (χ2v) is 6.88. The molecule has 1 aromatic heterocycles. The number of nitrogens with one attached hydrogen (secondary N) is 2. The first-order valence-corrected chi connectivity index (χ1v) is 9.25. The van der Waals surface area contributed by atoms with E-state index in [0.717, 1.165) is 18.9 Å². The second-order valence-electron chi connectivity index (χ2n) is 6.88. The number of hydrogen-bond acceptors (Lipinski definition) is 7. The van der Waals surface area contributed by atoms with Crippen molar-refractivity contribution in [3.8, 4) is 5.75 Å². The van der Waals surface area contributed by atoms with Crippen LogP contribution in [0.15, 0.2) is 40.8 Å². The molecule has 1 aliphatic rings. The SMILES string of the molecule is COc1ccc(C(=O)NCC(=O)Nc2ccc3oc(C4CC4)nc3c2)cc1[N+](=O)[O-]. The van der Waals surface area contributed by atoms with Crippen molar-refractivity contribution in [3.05, 3.63) is 58.0 Å². The minimum Gasteiger partial charge on any atom is -0.490 e. The van der Waals surface area contributed by atoms with Crippen molar-refractivity contribution in [3.63, 3.8) is 0 Å². The molecule has 0 atom stereocenters. The third-order valence-corrected chi connectivity index (χ3v) is 4.66. The van der Waals surface area contributed by atoms with E-state index < -0.39 is 16.7 Å². The second kappa shape index (κ2) is 7.82. The highest BCUT2D eigenvalue weighted by Gasteiger charge is 2.29. The molecule has 0 spiro atoms. The molecular weight excluding hydrogens is 392 g/mol. The highest BCUT2D eigenvalue weighted by molar-refractivity contribution is 6.00. The van der Waals surface area contributed by atoms with Gasteiger partial charge in [0.25, 0.3) is 5.91 Å². The lowest BCUT2D eigenvalue weighted by atomic mass is 10.1. The molecule has 2 aromatic carbocycles. The van der Waals surface area contributed by atoms with E-state index in [1.807, 2.05) is 0 Å². The fourth-order valence-electron chi connectivity index (χ4n) is 2.97. The molecule has 0 saturated heterocycles. The molecule has 154 valence electrons. The van der Waals surface area contributed by atoms with Gasteiger partial charge < -0.3 is 19.8 Å². The minimum absolute atomic E-state index is 0.0439. The first-order valence-electron chi connectivity index (χ1n) is 9.25. The summed E-state index contributed by atoms with van der Waals surface area (Å²) in [5.41, 5.74) is 1.55. The fourth-order valence-corrected chi connectivity index (χ4v) is 2.97. The average molecular weight is 410 g/mol. The molecule has 1 aliphatic carbocycles. The van der Waals surface area contributed by atoms with Crippen LogP contribution in [0, 0.1) is 10.1 Å². The average Bonchev–Trinajstić information content (AvgIpc) is 3.50. The summed E-state index contributed by atoms with van der Waals surface area (Å²) in [5, 5.41) is 16.2. The van der Waals surface area contributed by atoms with Crippen molar-refractivity contribution in [2.24, 2.45) is 0 Å². The zero-order chi connectivity index (χ0) is 21.3. The maximum absolute atomic E-state index is 12.2. The van der Waals surface area contributed by atoms with E-state index in [9.17, 15) is 19.7 Å². The number of nitro groups is 1. The molecule has 10 heteroatoms. The zero-order valence-corrected chi connectivity index (χ0v) is 16.0. The van der Waals surface area contributed by atoms with Gasteiger partial charge in [0, 0.05) is 23.2 Å². The smallest absolute Gasteiger partial charge is 0.311 e. The van der Waals surface area contributed by atoms with Gasteiger partial charge >= 0.3 is 5.69 Å². The van der Waals surface area contributed by atoms with Gasteiger partial charge in [0.1, 0.15) is 5.52 Å². The first kappa shape index (κ1) is 19.4. The van der Waals surface area contributed by atoms with E-state index in [0.29, 0.717) is 28.6 Å². The number of anilines is 1. The molecule has 0 aliphatic heterocycles. The number of hydrogen-bond donors (Lipinski definition) is 2. The van der Waals surface area contributed by atoms with Gasteiger partial charge in [-0.05, 0) is 43.2 Å². The lowest BCUT2D eigenvalue weighted by Gasteiger charge is -2.08. The maximum Gasteiger partial charge on any atom is 0.311 e. The lowest BCUT2D eigenvalue weighted by molar-refractivity contribution is -0.385. The van der Waals surface area contributed by atoms with E-state index >= 15 is 0 Å². The van der Waals surface area contributed by atoms with Gasteiger partial charge in [-0.1, -0.05) is 0 Å². The van der Waals surface area contributed by atoms with Gasteiger partial charge in [-0.2, -0.15) is 0 Å². The number of amides is 2. The van der Waals surface area contributed by atoms with Gasteiger partial charge in [0.05, 0.1) is 18.6 Å². The Hall–Kier alpha value is -3.95. The normalized spacial score (nSPS) is 13.1. The Morgan fingerprint density at radius 2 is 2.07 bits per heavy atom. The molecule has 2 N–H and O–H groups in total. The molecule has 1 saturated carbocycles. The summed E-state index contributed by atoms with van der Waals surface area (Å²) in [6.45, 7) is -0.303. The van der Waals surface area contributed by atoms with Crippen molar-refractivity contribution in [1.29, 1.82) is 0 Å². The third-order valence-electron chi connectivity index (χ3n) is 4.66. The van der Waals surface area contributed by atoms with Crippen LogP contribution >= 0.6 is 0 Å². The predicted molar refractivity (Wildman–Crippen MR) is 107 cm³/mol. The Morgan fingerprint density at radius 1 is 1.27 bits per heavy atom. The molecule has 4 rings (SSSR count). The zero-order valence-electron chi connectivity index (χ0n) is 16.0. The number of carbonyl (C=O) groups is 2. The van der Waals surface area contributed by atoms with Gasteiger partial charge in [0.15, 0.2) is 17.2 Å². The summed E-state index contributed by atoms with van der Waals surface area (Å²) in [5.74, 6) is 0.0877. The van der Waals surface area contributed by atoms with Crippen molar-refractivity contribution < 1.29 is 23.7 Å². The minimum atomic E-state index is -0.642. The molecule has 0 radical (unpaired) electrons. The predicted octanol–water partition coefficient (Wildman–Crippen LogP) is 2.99. The Morgan fingerprint density at radius 3 is 2.77 bits per heavy atom. The lowest BCUT2D eigenvalue weighted by Crippen LogP contribution is -2.32. The highest BCUT2D eigenvalue weighted by atomic mass is 16.6. The van der Waals surface area contributed by atoms with E-state index in [1.165, 1.54) is 19.2 Å². The Kier molecular flexibility index (Phi) is 5.05. The monoisotopic (exact) mass is 410 g/mol. The van der Waals surface area contributed by atoms with Crippen LogP contribution in [-0.2, 0) is 4.79 Å². The number of carbonyl (C=O) groups excluding carboxylic acids is 2. The summed E-state index contributed by atoms with van der Waals surface area (Å²) in [6, 6.07) is 8.94. The van der Waals surface area contributed by atoms with Crippen molar-refractivity contribution in [1.82, 2.24) is 10.3 Å². The number of nitro benzene ring substituents is 1. The van der Waals surface area contributed by atoms with Crippen molar-refractivity contribution >= 4 is 34.3 Å². The standard InChI is InChI=1S/C20H18N4O6/c1-29-17-6-4-12(8-15(17)24(27)28)19(26)21-10-18(25)22-13-5-7-16-14(9-13)23-20(30-16)11-2-3-11/h4-9,11H,2-3,10H2,1H3,(H,21,26)(H,22,25). The Labute approximate surface area is 170 Å². The summed E-state index contributed by atoms with van der Waals surface area (Å²) in [4.78, 5) is 39.3. The molecule has 1 heterocycles. The van der Waals surface area contributed by atoms with E-state index in [2.05, 4.69) is 15.6 Å². The number of benzene rings is 2. The molecular formula is C20H18N4O6. The number of oxazole rings is 1. The van der Waals surface area contributed by atoms with Crippen LogP contribution in [0.3, 0.4) is 0 Å². The Bertz CT molecular complexity index is 1150. The van der Waals surface area contributed by atoms with E-state index in [-0.39, 0.29) is 23.5 Å². The van der Waals surface area contributed by atoms with E-state index in [1.54, 1.807) is 18.2 Å². The fraction of sp³-hybridized carbons (Fsp3) is 0.250. The van der Waals surface area contributed by atoms with Crippen molar-refractivity contribution in [2.75, 3.05) is 19.0 Å². The van der Waals surface area contributed by atoms with Gasteiger partial charge in [-0.25, -0.2) is 4.98 Å². The summed E-state index contributed by atoms with van der Waals surface area (Å²) in [6.07, 6.45) is 2.15. The quantitative estimate of drug-likeness (QED) is 0.451. The van der Waals surface area contributed by atoms with Gasteiger partial charge in [0.2, 0.25) is 5.91 Å². The summed E-state index contributed by atoms with van der Waals surface area (Å²) < 4.78 is 10.6. The molecule has 3 aromatic rings. The Balaban J connectivity index is 1.37.